The Balaban J connectivity index is 2.56. The van der Waals surface area contributed by atoms with Crippen LogP contribution in [-0.2, 0) is 0 Å². The molecule has 0 nitrogen and oxygen atoms in total. The van der Waals surface area contributed by atoms with Gasteiger partial charge in [-0.1, -0.05) is 22.0 Å². The lowest BCUT2D eigenvalue weighted by atomic mass is 10.0. The van der Waals surface area contributed by atoms with E-state index in [-0.39, 0.29) is 11.1 Å². The Morgan fingerprint density at radius 3 is 2.16 bits per heavy atom. The molecule has 0 heterocycles. The van der Waals surface area contributed by atoms with E-state index in [9.17, 15) is 17.6 Å². The van der Waals surface area contributed by atoms with Crippen LogP contribution in [0.2, 0.25) is 0 Å². The second-order valence-corrected chi connectivity index (χ2v) is 5.08. The second kappa shape index (κ2) is 5.51. The molecule has 2 aromatic rings. The zero-order chi connectivity index (χ0) is 14.2. The van der Waals surface area contributed by atoms with Gasteiger partial charge in [-0.15, -0.1) is 11.6 Å². The average molecular weight is 354 g/mol. The van der Waals surface area contributed by atoms with Crippen LogP contribution in [0.1, 0.15) is 16.5 Å². The van der Waals surface area contributed by atoms with Crippen LogP contribution in [0, 0.1) is 23.3 Å². The quantitative estimate of drug-likeness (QED) is 0.389. The van der Waals surface area contributed by atoms with Gasteiger partial charge >= 0.3 is 0 Å². The van der Waals surface area contributed by atoms with Gasteiger partial charge in [-0.25, -0.2) is 17.6 Å². The van der Waals surface area contributed by atoms with E-state index in [4.69, 9.17) is 11.6 Å². The summed E-state index contributed by atoms with van der Waals surface area (Å²) in [6.07, 6.45) is 0. The first-order chi connectivity index (χ1) is 8.91. The maximum Gasteiger partial charge on any atom is 0.161 e. The van der Waals surface area contributed by atoms with Crippen molar-refractivity contribution >= 4 is 27.5 Å². The molecule has 0 saturated heterocycles. The molecule has 0 radical (unpaired) electrons. The van der Waals surface area contributed by atoms with Gasteiger partial charge < -0.3 is 0 Å². The Morgan fingerprint density at radius 2 is 1.53 bits per heavy atom. The monoisotopic (exact) mass is 352 g/mol. The third-order valence-corrected chi connectivity index (χ3v) is 3.71. The van der Waals surface area contributed by atoms with Gasteiger partial charge in [-0.2, -0.15) is 0 Å². The SMILES string of the molecule is Fc1cc(F)c(C(Cl)c2c(F)cccc2Br)cc1F. The van der Waals surface area contributed by atoms with Gasteiger partial charge in [0.05, 0.1) is 5.38 Å². The molecule has 0 amide bonds. The summed E-state index contributed by atoms with van der Waals surface area (Å²) >= 11 is 9.06. The average Bonchev–Trinajstić information content (AvgIpc) is 2.33. The van der Waals surface area contributed by atoms with E-state index in [1.54, 1.807) is 0 Å². The van der Waals surface area contributed by atoms with E-state index in [1.807, 2.05) is 0 Å². The van der Waals surface area contributed by atoms with Crippen molar-refractivity contribution < 1.29 is 17.6 Å². The number of rotatable bonds is 2. The van der Waals surface area contributed by atoms with Gasteiger partial charge in [0.25, 0.3) is 0 Å². The molecule has 6 heteroatoms. The molecule has 0 aromatic heterocycles. The highest BCUT2D eigenvalue weighted by Gasteiger charge is 2.23. The van der Waals surface area contributed by atoms with Crippen LogP contribution >= 0.6 is 27.5 Å². The lowest BCUT2D eigenvalue weighted by molar-refractivity contribution is 0.490. The van der Waals surface area contributed by atoms with Crippen LogP contribution in [0.3, 0.4) is 0 Å². The lowest BCUT2D eigenvalue weighted by Gasteiger charge is -2.14. The van der Waals surface area contributed by atoms with Crippen LogP contribution in [0.15, 0.2) is 34.8 Å². The second-order valence-electron chi connectivity index (χ2n) is 3.79. The Hall–Kier alpha value is -1.07. The minimum absolute atomic E-state index is 0.0333. The summed E-state index contributed by atoms with van der Waals surface area (Å²) in [6.45, 7) is 0. The molecule has 2 rings (SSSR count). The molecule has 0 N–H and O–H groups in total. The number of hydrogen-bond donors (Lipinski definition) is 0. The standard InChI is InChI=1S/C13H6BrClF4/c14-7-2-1-3-8(16)12(7)13(15)6-4-10(18)11(19)5-9(6)17/h1-5,13H. The van der Waals surface area contributed by atoms with Gasteiger partial charge in [0, 0.05) is 21.7 Å². The summed E-state index contributed by atoms with van der Waals surface area (Å²) in [4.78, 5) is 0. The van der Waals surface area contributed by atoms with Gasteiger partial charge in [-0.05, 0) is 18.2 Å². The molecule has 19 heavy (non-hydrogen) atoms. The van der Waals surface area contributed by atoms with Gasteiger partial charge in [0.15, 0.2) is 11.6 Å². The van der Waals surface area contributed by atoms with E-state index < -0.39 is 28.6 Å². The van der Waals surface area contributed by atoms with E-state index >= 15 is 0 Å². The fraction of sp³-hybridized carbons (Fsp3) is 0.0769. The first-order valence-electron chi connectivity index (χ1n) is 5.14. The van der Waals surface area contributed by atoms with Crippen LogP contribution in [0.4, 0.5) is 17.6 Å². The van der Waals surface area contributed by atoms with Crippen LogP contribution in [0.25, 0.3) is 0 Å². The largest absolute Gasteiger partial charge is 0.207 e. The molecule has 1 unspecified atom stereocenters. The first-order valence-corrected chi connectivity index (χ1v) is 6.37. The van der Waals surface area contributed by atoms with Crippen molar-refractivity contribution in [3.8, 4) is 0 Å². The van der Waals surface area contributed by atoms with E-state index in [0.29, 0.717) is 16.6 Å². The minimum Gasteiger partial charge on any atom is -0.207 e. The molecule has 0 spiro atoms. The number of halogens is 6. The van der Waals surface area contributed by atoms with Crippen LogP contribution in [0.5, 0.6) is 0 Å². The van der Waals surface area contributed by atoms with Crippen molar-refractivity contribution in [3.05, 3.63) is 69.2 Å². The molecule has 0 bridgehead atoms. The Bertz CT molecular complexity index is 610. The fourth-order valence-corrected chi connectivity index (χ4v) is 2.73. The molecule has 0 saturated carbocycles. The summed E-state index contributed by atoms with van der Waals surface area (Å²) in [5.74, 6) is -4.26. The third kappa shape index (κ3) is 2.77. The lowest BCUT2D eigenvalue weighted by Crippen LogP contribution is -2.03. The molecule has 0 fully saturated rings. The molecule has 0 aliphatic rings. The smallest absolute Gasteiger partial charge is 0.161 e. The summed E-state index contributed by atoms with van der Waals surface area (Å²) in [5, 5.41) is -1.27. The number of hydrogen-bond acceptors (Lipinski definition) is 0. The highest BCUT2D eigenvalue weighted by Crippen LogP contribution is 2.37. The Morgan fingerprint density at radius 1 is 0.895 bits per heavy atom. The minimum atomic E-state index is -1.32. The van der Waals surface area contributed by atoms with Crippen molar-refractivity contribution in [2.45, 2.75) is 5.38 Å². The fourth-order valence-electron chi connectivity index (χ4n) is 1.64. The molecular formula is C13H6BrClF4. The van der Waals surface area contributed by atoms with Crippen molar-refractivity contribution in [2.75, 3.05) is 0 Å². The summed E-state index contributed by atoms with van der Waals surface area (Å²) in [6, 6.07) is 5.11. The van der Waals surface area contributed by atoms with Crippen molar-refractivity contribution in [1.29, 1.82) is 0 Å². The molecular weight excluding hydrogens is 347 g/mol. The first kappa shape index (κ1) is 14.3. The number of alkyl halides is 1. The van der Waals surface area contributed by atoms with E-state index in [2.05, 4.69) is 15.9 Å². The topological polar surface area (TPSA) is 0 Å². The van der Waals surface area contributed by atoms with Crippen molar-refractivity contribution in [2.24, 2.45) is 0 Å². The summed E-state index contributed by atoms with van der Waals surface area (Å²) in [5.41, 5.74) is -0.361. The summed E-state index contributed by atoms with van der Waals surface area (Å²) in [7, 11) is 0. The normalized spacial score (nSPS) is 12.5. The van der Waals surface area contributed by atoms with E-state index in [1.165, 1.54) is 12.1 Å². The Kier molecular flexibility index (Phi) is 4.16. The van der Waals surface area contributed by atoms with Crippen LogP contribution in [-0.4, -0.2) is 0 Å². The molecule has 1 atom stereocenters. The molecule has 2 aromatic carbocycles. The predicted molar refractivity (Wildman–Crippen MR) is 68.1 cm³/mol. The van der Waals surface area contributed by atoms with Crippen molar-refractivity contribution in [3.63, 3.8) is 0 Å². The Labute approximate surface area is 120 Å². The molecule has 0 aliphatic heterocycles. The predicted octanol–water partition coefficient (Wildman–Crippen LogP) is 5.33. The van der Waals surface area contributed by atoms with Crippen LogP contribution < -0.4 is 0 Å². The van der Waals surface area contributed by atoms with Gasteiger partial charge in [0.2, 0.25) is 0 Å². The maximum atomic E-state index is 13.7. The van der Waals surface area contributed by atoms with Crippen molar-refractivity contribution in [1.82, 2.24) is 0 Å². The zero-order valence-corrected chi connectivity index (χ0v) is 11.6. The third-order valence-electron chi connectivity index (χ3n) is 2.57. The zero-order valence-electron chi connectivity index (χ0n) is 9.23. The summed E-state index contributed by atoms with van der Waals surface area (Å²) < 4.78 is 53.6. The molecule has 0 aliphatic carbocycles. The maximum absolute atomic E-state index is 13.7. The van der Waals surface area contributed by atoms with Gasteiger partial charge in [0.1, 0.15) is 11.6 Å². The van der Waals surface area contributed by atoms with E-state index in [0.717, 1.165) is 6.07 Å². The number of benzene rings is 2. The highest BCUT2D eigenvalue weighted by molar-refractivity contribution is 9.10. The van der Waals surface area contributed by atoms with Gasteiger partial charge in [-0.3, -0.25) is 0 Å². The molecule has 100 valence electrons. The highest BCUT2D eigenvalue weighted by atomic mass is 79.9.